The Kier molecular flexibility index (Phi) is 10.1. The van der Waals surface area contributed by atoms with E-state index in [2.05, 4.69) is 10.6 Å². The van der Waals surface area contributed by atoms with Crippen molar-refractivity contribution in [1.29, 1.82) is 0 Å². The van der Waals surface area contributed by atoms with E-state index in [0.717, 1.165) is 6.07 Å². The number of allylic oxidation sites excluding steroid dienone is 1. The number of piperidine rings is 1. The second-order valence-corrected chi connectivity index (χ2v) is 12.5. The quantitative estimate of drug-likeness (QED) is 0.184. The van der Waals surface area contributed by atoms with Crippen LogP contribution < -0.4 is 15.4 Å². The lowest BCUT2D eigenvalue weighted by molar-refractivity contribution is -0.140. The predicted octanol–water partition coefficient (Wildman–Crippen LogP) is 6.12. The largest absolute Gasteiger partial charge is 0.496 e. The predicted molar refractivity (Wildman–Crippen MR) is 164 cm³/mol. The van der Waals surface area contributed by atoms with Gasteiger partial charge in [0.05, 0.1) is 30.3 Å². The molecule has 2 saturated carbocycles. The van der Waals surface area contributed by atoms with E-state index in [4.69, 9.17) is 4.74 Å². The molecule has 15 heteroatoms. The number of benzene rings is 2. The highest BCUT2D eigenvalue weighted by molar-refractivity contribution is 6.01. The van der Waals surface area contributed by atoms with Gasteiger partial charge in [0.25, 0.3) is 5.91 Å². The molecule has 1 aliphatic heterocycles. The van der Waals surface area contributed by atoms with Crippen LogP contribution in [0.3, 0.4) is 0 Å². The van der Waals surface area contributed by atoms with Crippen molar-refractivity contribution in [2.75, 3.05) is 25.5 Å². The molecule has 49 heavy (non-hydrogen) atoms. The minimum absolute atomic E-state index is 0.0331. The van der Waals surface area contributed by atoms with Crippen molar-refractivity contribution < 1.29 is 55.0 Å². The maximum atomic E-state index is 13.9. The van der Waals surface area contributed by atoms with Crippen LogP contribution in [0.2, 0.25) is 0 Å². The van der Waals surface area contributed by atoms with Gasteiger partial charge in [-0.2, -0.15) is 26.3 Å². The van der Waals surface area contributed by atoms with Crippen molar-refractivity contribution in [3.63, 3.8) is 0 Å². The van der Waals surface area contributed by atoms with Crippen LogP contribution >= 0.6 is 0 Å². The van der Waals surface area contributed by atoms with Crippen LogP contribution in [0.15, 0.2) is 53.6 Å². The fourth-order valence-electron chi connectivity index (χ4n) is 7.08. The second kappa shape index (κ2) is 13.8. The van der Waals surface area contributed by atoms with E-state index in [1.165, 1.54) is 19.2 Å². The van der Waals surface area contributed by atoms with Crippen molar-refractivity contribution in [2.24, 2.45) is 17.8 Å². The normalized spacial score (nSPS) is 23.9. The number of carbonyl (C=O) groups is 3. The Morgan fingerprint density at radius 1 is 0.959 bits per heavy atom. The Morgan fingerprint density at radius 3 is 2.27 bits per heavy atom. The van der Waals surface area contributed by atoms with Gasteiger partial charge in [-0.1, -0.05) is 11.6 Å². The van der Waals surface area contributed by atoms with Crippen molar-refractivity contribution in [2.45, 2.75) is 57.1 Å². The van der Waals surface area contributed by atoms with E-state index in [9.17, 15) is 50.2 Å². The highest BCUT2D eigenvalue weighted by Crippen LogP contribution is 2.54. The van der Waals surface area contributed by atoms with Crippen LogP contribution in [-0.4, -0.2) is 66.2 Å². The highest BCUT2D eigenvalue weighted by Gasteiger charge is 2.55. The molecular weight excluding hydrogens is 663 g/mol. The van der Waals surface area contributed by atoms with E-state index in [1.807, 2.05) is 0 Å². The average molecular weight is 698 g/mol. The van der Waals surface area contributed by atoms with E-state index < -0.39 is 71.1 Å². The first kappa shape index (κ1) is 35.9. The zero-order valence-electron chi connectivity index (χ0n) is 26.4. The third-order valence-corrected chi connectivity index (χ3v) is 9.31. The zero-order valence-corrected chi connectivity index (χ0v) is 26.4. The Bertz CT molecular complexity index is 1680. The third-order valence-electron chi connectivity index (χ3n) is 9.31. The summed E-state index contributed by atoms with van der Waals surface area (Å²) in [6.07, 6.45) is -7.33. The molecule has 2 bridgehead atoms. The van der Waals surface area contributed by atoms with Gasteiger partial charge < -0.3 is 25.4 Å². The summed E-state index contributed by atoms with van der Waals surface area (Å²) in [5.41, 5.74) is -1.39. The van der Waals surface area contributed by atoms with Gasteiger partial charge >= 0.3 is 12.4 Å². The molecule has 0 radical (unpaired) electrons. The summed E-state index contributed by atoms with van der Waals surface area (Å²) in [5.74, 6) is -6.61. The van der Waals surface area contributed by atoms with Crippen molar-refractivity contribution in [3.05, 3.63) is 76.1 Å². The summed E-state index contributed by atoms with van der Waals surface area (Å²) >= 11 is 0. The number of nitrogens with zero attached hydrogens (tertiary/aromatic N) is 1. The van der Waals surface area contributed by atoms with Crippen LogP contribution in [0.25, 0.3) is 6.08 Å². The summed E-state index contributed by atoms with van der Waals surface area (Å²) in [6, 6.07) is 5.14. The Morgan fingerprint density at radius 2 is 1.63 bits per heavy atom. The van der Waals surface area contributed by atoms with Gasteiger partial charge in [-0.25, -0.2) is 4.39 Å². The van der Waals surface area contributed by atoms with Gasteiger partial charge in [-0.05, 0) is 80.5 Å². The molecule has 2 aromatic carbocycles. The third kappa shape index (κ3) is 7.92. The van der Waals surface area contributed by atoms with E-state index in [1.54, 1.807) is 24.0 Å². The topological polar surface area (TPSA) is 108 Å². The number of carbonyl (C=O) groups excluding carboxylic acids is 3. The fraction of sp³-hybridized carbons (Fsp3) is 0.441. The smallest absolute Gasteiger partial charge is 0.419 e. The number of hydrogen-bond acceptors (Lipinski definition) is 5. The number of aliphatic hydroxyl groups is 1. The molecule has 4 atom stereocenters. The number of alkyl halides is 6. The molecule has 8 nitrogen and oxygen atoms in total. The molecule has 1 heterocycles. The summed E-state index contributed by atoms with van der Waals surface area (Å²) in [6.45, 7) is 2.37. The number of methoxy groups -OCH3 is 1. The SMILES string of the molecule is COc1ccc(/C=C(\C)C(=O)N2CCC(O)CC2)cc1C(=O)N[C@H]1[C@@H](C(=O)Nc2ccc(F)c(C(F)(F)F)c2)[C@H]2CC[C@@H]1/C2=C\C(F)(F)F. The molecule has 1 saturated heterocycles. The summed E-state index contributed by atoms with van der Waals surface area (Å²) in [7, 11) is 1.30. The number of aliphatic hydroxyl groups excluding tert-OH is 1. The number of nitrogens with one attached hydrogen (secondary N) is 2. The van der Waals surface area contributed by atoms with Gasteiger partial charge in [-0.3, -0.25) is 14.4 Å². The number of anilines is 1. The molecule has 3 N–H and O–H groups in total. The van der Waals surface area contributed by atoms with Crippen LogP contribution in [-0.2, 0) is 15.8 Å². The molecule has 2 aromatic rings. The molecule has 264 valence electrons. The molecule has 3 fully saturated rings. The number of ether oxygens (including phenoxy) is 1. The monoisotopic (exact) mass is 697 g/mol. The number of rotatable bonds is 7. The maximum Gasteiger partial charge on any atom is 0.419 e. The van der Waals surface area contributed by atoms with Crippen molar-refractivity contribution in [3.8, 4) is 5.75 Å². The number of likely N-dealkylation sites (tertiary alicyclic amines) is 1. The van der Waals surface area contributed by atoms with Crippen LogP contribution in [0.1, 0.15) is 54.1 Å². The van der Waals surface area contributed by atoms with Crippen molar-refractivity contribution >= 4 is 29.5 Å². The molecule has 2 aliphatic carbocycles. The van der Waals surface area contributed by atoms with E-state index >= 15 is 0 Å². The number of amides is 3. The van der Waals surface area contributed by atoms with Gasteiger partial charge in [0, 0.05) is 42.4 Å². The second-order valence-electron chi connectivity index (χ2n) is 12.5. The summed E-state index contributed by atoms with van der Waals surface area (Å²) in [5, 5.41) is 14.7. The van der Waals surface area contributed by atoms with Gasteiger partial charge in [-0.15, -0.1) is 0 Å². The fourth-order valence-corrected chi connectivity index (χ4v) is 7.08. The molecule has 0 unspecified atom stereocenters. The lowest BCUT2D eigenvalue weighted by Crippen LogP contribution is -2.48. The average Bonchev–Trinajstić information content (AvgIpc) is 3.54. The van der Waals surface area contributed by atoms with Gasteiger partial charge in [0.15, 0.2) is 0 Å². The molecule has 0 aromatic heterocycles. The highest BCUT2D eigenvalue weighted by atomic mass is 19.4. The molecule has 0 spiro atoms. The first-order valence-corrected chi connectivity index (χ1v) is 15.6. The van der Waals surface area contributed by atoms with E-state index in [-0.39, 0.29) is 41.7 Å². The molecule has 3 amide bonds. The molecular formula is C34H34F7N3O5. The minimum atomic E-state index is -5.07. The summed E-state index contributed by atoms with van der Waals surface area (Å²) in [4.78, 5) is 41.9. The number of fused-ring (bicyclic) bond motifs is 2. The first-order valence-electron chi connectivity index (χ1n) is 15.6. The lowest BCUT2D eigenvalue weighted by Gasteiger charge is -2.30. The van der Waals surface area contributed by atoms with Gasteiger partial charge in [0.2, 0.25) is 11.8 Å². The first-order chi connectivity index (χ1) is 23.0. The molecule has 5 rings (SSSR count). The van der Waals surface area contributed by atoms with E-state index in [0.29, 0.717) is 49.2 Å². The molecule has 3 aliphatic rings. The Hall–Kier alpha value is -4.40. The van der Waals surface area contributed by atoms with Crippen molar-refractivity contribution in [1.82, 2.24) is 10.2 Å². The van der Waals surface area contributed by atoms with Crippen LogP contribution in [0.4, 0.5) is 36.4 Å². The van der Waals surface area contributed by atoms with Gasteiger partial charge in [0.1, 0.15) is 11.6 Å². The number of hydrogen-bond donors (Lipinski definition) is 3. The van der Waals surface area contributed by atoms with Crippen LogP contribution in [0, 0.1) is 23.6 Å². The standard InChI is InChI=1S/C34H34F7N3O5/c1-17(32(48)44-11-9-20(45)10-12-44)13-18-3-8-27(49-2)23(14-18)30(46)43-29-22-6-5-21(24(22)16-33(36,37)38)28(29)31(47)42-19-4-7-26(35)25(15-19)34(39,40)41/h3-4,7-8,13-16,20-22,28-29,45H,5-6,9-12H2,1-2H3,(H,42,47)(H,43,46)/b17-13+,24-16-/t21-,22+,28-,29+/m0/s1. The lowest BCUT2D eigenvalue weighted by atomic mass is 9.83. The summed E-state index contributed by atoms with van der Waals surface area (Å²) < 4.78 is 99.9. The maximum absolute atomic E-state index is 13.9. The zero-order chi connectivity index (χ0) is 35.8. The Balaban J connectivity index is 1.43. The van der Waals surface area contributed by atoms with Crippen LogP contribution in [0.5, 0.6) is 5.75 Å². The minimum Gasteiger partial charge on any atom is -0.496 e. The number of halogens is 7. The Labute approximate surface area is 277 Å².